The quantitative estimate of drug-likeness (QED) is 0.375. The standard InChI is InChI=1S/C15H21NO4S.C15H15NO4S/c2*1-20-15(17)12-7-8-16-13(10-12)9-11-3-5-14(6-4-11)21(2,18)19/h3-6,12-13,16H,7-10H2,1-2H3;3-8,10H,9H2,1-2H3. The van der Waals surface area contributed by atoms with Crippen LogP contribution in [-0.4, -0.2) is 73.1 Å². The van der Waals surface area contributed by atoms with E-state index >= 15 is 0 Å². The molecular weight excluding hydrogens is 580 g/mol. The second-order valence-corrected chi connectivity index (χ2v) is 14.2. The summed E-state index contributed by atoms with van der Waals surface area (Å²) in [5.41, 5.74) is 3.13. The number of aromatic nitrogens is 1. The van der Waals surface area contributed by atoms with Crippen LogP contribution in [0, 0.1) is 5.92 Å². The molecule has 1 aliphatic heterocycles. The molecule has 0 bridgehead atoms. The van der Waals surface area contributed by atoms with Gasteiger partial charge in [0.2, 0.25) is 0 Å². The van der Waals surface area contributed by atoms with Crippen LogP contribution in [0.4, 0.5) is 0 Å². The first-order valence-electron chi connectivity index (χ1n) is 13.2. The topological polar surface area (TPSA) is 146 Å². The lowest BCUT2D eigenvalue weighted by atomic mass is 9.89. The Labute approximate surface area is 247 Å². The summed E-state index contributed by atoms with van der Waals surface area (Å²) in [6, 6.07) is 17.0. The van der Waals surface area contributed by atoms with Crippen molar-refractivity contribution in [3.8, 4) is 0 Å². The molecule has 226 valence electrons. The monoisotopic (exact) mass is 616 g/mol. The second kappa shape index (κ2) is 14.5. The first-order chi connectivity index (χ1) is 19.8. The van der Waals surface area contributed by atoms with Crippen LogP contribution in [0.1, 0.15) is 40.0 Å². The highest BCUT2D eigenvalue weighted by Gasteiger charge is 2.27. The van der Waals surface area contributed by atoms with Gasteiger partial charge < -0.3 is 14.8 Å². The number of hydrogen-bond acceptors (Lipinski definition) is 10. The lowest BCUT2D eigenvalue weighted by Gasteiger charge is -2.28. The van der Waals surface area contributed by atoms with Gasteiger partial charge in [-0.25, -0.2) is 21.6 Å². The number of ether oxygens (including phenoxy) is 2. The van der Waals surface area contributed by atoms with Crippen molar-refractivity contribution >= 4 is 31.6 Å². The van der Waals surface area contributed by atoms with Crippen LogP contribution in [-0.2, 0) is 46.8 Å². The SMILES string of the molecule is COC(=O)C1CCNC(Cc2ccc(S(C)(=O)=O)cc2)C1.COC(=O)c1ccnc(Cc2ccc(S(C)(=O)=O)cc2)c1. The Hall–Kier alpha value is -3.61. The number of carbonyl (C=O) groups is 2. The van der Waals surface area contributed by atoms with Crippen LogP contribution in [0.25, 0.3) is 0 Å². The Balaban J connectivity index is 0.000000230. The average Bonchev–Trinajstić information content (AvgIpc) is 2.96. The van der Waals surface area contributed by atoms with Crippen molar-refractivity contribution in [3.05, 3.63) is 89.2 Å². The molecule has 2 atom stereocenters. The van der Waals surface area contributed by atoms with Crippen LogP contribution < -0.4 is 5.32 Å². The minimum absolute atomic E-state index is 0.0449. The molecule has 12 heteroatoms. The minimum atomic E-state index is -3.19. The van der Waals surface area contributed by atoms with Crippen molar-refractivity contribution in [3.63, 3.8) is 0 Å². The lowest BCUT2D eigenvalue weighted by Crippen LogP contribution is -2.42. The van der Waals surface area contributed by atoms with E-state index < -0.39 is 25.6 Å². The zero-order valence-electron chi connectivity index (χ0n) is 24.1. The summed E-state index contributed by atoms with van der Waals surface area (Å²) < 4.78 is 55.1. The average molecular weight is 617 g/mol. The number of carbonyl (C=O) groups excluding carboxylic acids is 2. The Morgan fingerprint density at radius 3 is 1.95 bits per heavy atom. The van der Waals surface area contributed by atoms with E-state index in [0.717, 1.165) is 36.9 Å². The Kier molecular flexibility index (Phi) is 11.4. The van der Waals surface area contributed by atoms with Gasteiger partial charge in [0.25, 0.3) is 0 Å². The third-order valence-corrected chi connectivity index (χ3v) is 9.09. The van der Waals surface area contributed by atoms with E-state index in [0.29, 0.717) is 22.6 Å². The minimum Gasteiger partial charge on any atom is -0.469 e. The Bertz CT molecular complexity index is 1590. The summed E-state index contributed by atoms with van der Waals surface area (Å²) >= 11 is 0. The van der Waals surface area contributed by atoms with Gasteiger partial charge in [0, 0.05) is 36.9 Å². The van der Waals surface area contributed by atoms with Gasteiger partial charge in [-0.15, -0.1) is 0 Å². The zero-order chi connectivity index (χ0) is 30.9. The van der Waals surface area contributed by atoms with Gasteiger partial charge in [-0.3, -0.25) is 9.78 Å². The summed E-state index contributed by atoms with van der Waals surface area (Å²) in [5.74, 6) is -0.600. The van der Waals surface area contributed by atoms with Gasteiger partial charge in [0.05, 0.1) is 35.5 Å². The molecule has 10 nitrogen and oxygen atoms in total. The van der Waals surface area contributed by atoms with E-state index in [-0.39, 0.29) is 22.8 Å². The van der Waals surface area contributed by atoms with E-state index in [4.69, 9.17) is 4.74 Å². The van der Waals surface area contributed by atoms with Crippen molar-refractivity contribution in [2.75, 3.05) is 33.3 Å². The lowest BCUT2D eigenvalue weighted by molar-refractivity contribution is -0.146. The molecule has 1 aromatic heterocycles. The number of hydrogen-bond donors (Lipinski definition) is 1. The molecule has 42 heavy (non-hydrogen) atoms. The van der Waals surface area contributed by atoms with Crippen LogP contribution in [0.5, 0.6) is 0 Å². The number of esters is 2. The molecule has 0 saturated carbocycles. The van der Waals surface area contributed by atoms with Crippen LogP contribution in [0.3, 0.4) is 0 Å². The van der Waals surface area contributed by atoms with Crippen molar-refractivity contribution in [2.45, 2.75) is 41.5 Å². The van der Waals surface area contributed by atoms with Gasteiger partial charge in [-0.1, -0.05) is 24.3 Å². The van der Waals surface area contributed by atoms with Gasteiger partial charge in [-0.05, 0) is 73.3 Å². The number of methoxy groups -OCH3 is 2. The molecule has 1 saturated heterocycles. The largest absolute Gasteiger partial charge is 0.469 e. The highest BCUT2D eigenvalue weighted by Crippen LogP contribution is 2.21. The fraction of sp³-hybridized carbons (Fsp3) is 0.367. The van der Waals surface area contributed by atoms with Crippen molar-refractivity contribution in [1.29, 1.82) is 0 Å². The highest BCUT2D eigenvalue weighted by molar-refractivity contribution is 7.91. The molecule has 1 aliphatic rings. The molecule has 3 aromatic rings. The summed E-state index contributed by atoms with van der Waals surface area (Å²) in [5, 5.41) is 3.40. The summed E-state index contributed by atoms with van der Waals surface area (Å²) in [7, 11) is -3.60. The van der Waals surface area contributed by atoms with Crippen LogP contribution in [0.2, 0.25) is 0 Å². The second-order valence-electron chi connectivity index (χ2n) is 10.1. The molecule has 1 fully saturated rings. The summed E-state index contributed by atoms with van der Waals surface area (Å²) in [6.45, 7) is 0.797. The van der Waals surface area contributed by atoms with E-state index in [9.17, 15) is 26.4 Å². The predicted octanol–water partition coefficient (Wildman–Crippen LogP) is 3.04. The maximum atomic E-state index is 11.6. The van der Waals surface area contributed by atoms with Crippen molar-refractivity contribution in [2.24, 2.45) is 5.92 Å². The van der Waals surface area contributed by atoms with Gasteiger partial charge >= 0.3 is 11.9 Å². The normalized spacial score (nSPS) is 17.0. The molecular formula is C30H36N2O8S2. The highest BCUT2D eigenvalue weighted by atomic mass is 32.2. The Morgan fingerprint density at radius 2 is 1.43 bits per heavy atom. The molecule has 2 heterocycles. The maximum Gasteiger partial charge on any atom is 0.337 e. The molecule has 0 spiro atoms. The van der Waals surface area contributed by atoms with E-state index in [1.165, 1.54) is 26.7 Å². The van der Waals surface area contributed by atoms with E-state index in [1.807, 2.05) is 12.1 Å². The molecule has 0 radical (unpaired) electrons. The number of piperidine rings is 1. The molecule has 1 N–H and O–H groups in total. The number of nitrogens with zero attached hydrogens (tertiary/aromatic N) is 1. The molecule has 0 aliphatic carbocycles. The summed E-state index contributed by atoms with van der Waals surface area (Å²) in [6.07, 6.45) is 6.75. The molecule has 2 unspecified atom stereocenters. The van der Waals surface area contributed by atoms with Gasteiger partial charge in [-0.2, -0.15) is 0 Å². The number of rotatable bonds is 8. The first kappa shape index (κ1) is 32.9. The predicted molar refractivity (Wildman–Crippen MR) is 158 cm³/mol. The van der Waals surface area contributed by atoms with Gasteiger partial charge in [0.15, 0.2) is 19.7 Å². The first-order valence-corrected chi connectivity index (χ1v) is 17.0. The fourth-order valence-electron chi connectivity index (χ4n) is 4.58. The van der Waals surface area contributed by atoms with Crippen LogP contribution in [0.15, 0.2) is 76.7 Å². The Morgan fingerprint density at radius 1 is 0.857 bits per heavy atom. The van der Waals surface area contributed by atoms with Gasteiger partial charge in [0.1, 0.15) is 0 Å². The van der Waals surface area contributed by atoms with E-state index in [1.54, 1.807) is 54.7 Å². The maximum absolute atomic E-state index is 11.6. The van der Waals surface area contributed by atoms with E-state index in [2.05, 4.69) is 15.0 Å². The van der Waals surface area contributed by atoms with Crippen molar-refractivity contribution < 1.29 is 35.9 Å². The number of pyridine rings is 1. The zero-order valence-corrected chi connectivity index (χ0v) is 25.7. The molecule has 4 rings (SSSR count). The van der Waals surface area contributed by atoms with Crippen molar-refractivity contribution in [1.82, 2.24) is 10.3 Å². The third kappa shape index (κ3) is 9.74. The third-order valence-electron chi connectivity index (χ3n) is 6.84. The summed E-state index contributed by atoms with van der Waals surface area (Å²) in [4.78, 5) is 27.9. The smallest absolute Gasteiger partial charge is 0.337 e. The number of nitrogens with one attached hydrogen (secondary N) is 1. The van der Waals surface area contributed by atoms with Crippen LogP contribution >= 0.6 is 0 Å². The molecule has 0 amide bonds. The number of benzene rings is 2. The number of sulfone groups is 2. The molecule has 2 aromatic carbocycles. The fourth-order valence-corrected chi connectivity index (χ4v) is 5.84.